The van der Waals surface area contributed by atoms with Crippen LogP contribution >= 0.6 is 11.8 Å². The minimum Gasteiger partial charge on any atom is -0.494 e. The summed E-state index contributed by atoms with van der Waals surface area (Å²) in [6.07, 6.45) is 0.891. The number of aromatic nitrogens is 2. The summed E-state index contributed by atoms with van der Waals surface area (Å²) in [4.78, 5) is 0. The molecule has 0 aliphatic carbocycles. The quantitative estimate of drug-likeness (QED) is 0.303. The second-order valence-electron chi connectivity index (χ2n) is 8.34. The molecule has 5 nitrogen and oxygen atoms in total. The zero-order valence-electron chi connectivity index (χ0n) is 18.4. The maximum Gasteiger partial charge on any atom is 0.276 e. The number of rotatable bonds is 9. The Kier molecular flexibility index (Phi) is 7.43. The Balaban J connectivity index is 1.37. The zero-order chi connectivity index (χ0) is 21.6. The standard InChI is InChI=1S/C24H30N2O3S/c1-17-7-8-18(2)21(15-17)28-16-22-25-26-23(29-22)30-14-6-13-27-20-11-9-19(10-12-20)24(3,4)5/h7-12,15H,6,13-14,16H2,1-5H3. The van der Waals surface area contributed by atoms with Gasteiger partial charge in [-0.1, -0.05) is 56.8 Å². The molecule has 0 radical (unpaired) electrons. The number of nitrogens with zero attached hydrogens (tertiary/aromatic N) is 2. The van der Waals surface area contributed by atoms with Crippen LogP contribution in [0.15, 0.2) is 52.1 Å². The minimum absolute atomic E-state index is 0.155. The summed E-state index contributed by atoms with van der Waals surface area (Å²) in [5.41, 5.74) is 3.70. The molecule has 160 valence electrons. The smallest absolute Gasteiger partial charge is 0.276 e. The first-order valence-electron chi connectivity index (χ1n) is 10.2. The van der Waals surface area contributed by atoms with Gasteiger partial charge in [-0.3, -0.25) is 0 Å². The third kappa shape index (κ3) is 6.52. The predicted octanol–water partition coefficient (Wildman–Crippen LogP) is 6.12. The average Bonchev–Trinajstić information content (AvgIpc) is 3.16. The molecule has 2 aromatic carbocycles. The molecule has 0 bridgehead atoms. The highest BCUT2D eigenvalue weighted by atomic mass is 32.2. The molecular formula is C24H30N2O3S. The van der Waals surface area contributed by atoms with Crippen LogP contribution in [0.5, 0.6) is 11.5 Å². The zero-order valence-corrected chi connectivity index (χ0v) is 19.2. The van der Waals surface area contributed by atoms with E-state index in [2.05, 4.69) is 49.2 Å². The molecule has 0 saturated carbocycles. The van der Waals surface area contributed by atoms with Gasteiger partial charge >= 0.3 is 0 Å². The van der Waals surface area contributed by atoms with Gasteiger partial charge in [0.1, 0.15) is 11.5 Å². The van der Waals surface area contributed by atoms with Crippen LogP contribution in [-0.2, 0) is 12.0 Å². The van der Waals surface area contributed by atoms with Crippen molar-refractivity contribution >= 4 is 11.8 Å². The Morgan fingerprint density at radius 1 is 0.967 bits per heavy atom. The number of aryl methyl sites for hydroxylation is 2. The molecule has 30 heavy (non-hydrogen) atoms. The van der Waals surface area contributed by atoms with E-state index in [1.54, 1.807) is 0 Å². The largest absolute Gasteiger partial charge is 0.494 e. The first-order chi connectivity index (χ1) is 14.3. The lowest BCUT2D eigenvalue weighted by Gasteiger charge is -2.19. The van der Waals surface area contributed by atoms with E-state index >= 15 is 0 Å². The van der Waals surface area contributed by atoms with Gasteiger partial charge in [-0.05, 0) is 60.6 Å². The van der Waals surface area contributed by atoms with Crippen molar-refractivity contribution in [2.75, 3.05) is 12.4 Å². The van der Waals surface area contributed by atoms with Gasteiger partial charge < -0.3 is 13.9 Å². The van der Waals surface area contributed by atoms with Crippen LogP contribution in [0.25, 0.3) is 0 Å². The van der Waals surface area contributed by atoms with E-state index < -0.39 is 0 Å². The van der Waals surface area contributed by atoms with E-state index in [9.17, 15) is 0 Å². The molecule has 0 fully saturated rings. The van der Waals surface area contributed by atoms with Gasteiger partial charge in [-0.15, -0.1) is 10.2 Å². The van der Waals surface area contributed by atoms with Crippen molar-refractivity contribution in [1.82, 2.24) is 10.2 Å². The monoisotopic (exact) mass is 426 g/mol. The Bertz CT molecular complexity index is 946. The topological polar surface area (TPSA) is 57.4 Å². The highest BCUT2D eigenvalue weighted by Gasteiger charge is 2.13. The van der Waals surface area contributed by atoms with E-state index in [4.69, 9.17) is 13.9 Å². The molecule has 1 aromatic heterocycles. The van der Waals surface area contributed by atoms with Crippen LogP contribution in [0.1, 0.15) is 49.8 Å². The number of thioether (sulfide) groups is 1. The van der Waals surface area contributed by atoms with Gasteiger partial charge in [0.2, 0.25) is 0 Å². The highest BCUT2D eigenvalue weighted by molar-refractivity contribution is 7.99. The van der Waals surface area contributed by atoms with Gasteiger partial charge in [0, 0.05) is 5.75 Å². The molecule has 0 aliphatic heterocycles. The van der Waals surface area contributed by atoms with E-state index in [1.165, 1.54) is 17.3 Å². The van der Waals surface area contributed by atoms with Crippen LogP contribution in [0.3, 0.4) is 0 Å². The average molecular weight is 427 g/mol. The summed E-state index contributed by atoms with van der Waals surface area (Å²) in [6, 6.07) is 14.4. The molecule has 3 aromatic rings. The van der Waals surface area contributed by atoms with E-state index in [0.717, 1.165) is 34.8 Å². The van der Waals surface area contributed by atoms with Crippen molar-refractivity contribution in [3.8, 4) is 11.5 Å². The molecule has 0 amide bonds. The molecule has 1 heterocycles. The summed E-state index contributed by atoms with van der Waals surface area (Å²) in [6.45, 7) is 11.6. The van der Waals surface area contributed by atoms with Gasteiger partial charge in [0.15, 0.2) is 6.61 Å². The number of hydrogen-bond donors (Lipinski definition) is 0. The van der Waals surface area contributed by atoms with Gasteiger partial charge in [0.25, 0.3) is 11.1 Å². The Morgan fingerprint density at radius 3 is 2.47 bits per heavy atom. The second-order valence-corrected chi connectivity index (χ2v) is 9.39. The van der Waals surface area contributed by atoms with Crippen molar-refractivity contribution < 1.29 is 13.9 Å². The number of benzene rings is 2. The lowest BCUT2D eigenvalue weighted by atomic mass is 9.87. The first-order valence-corrected chi connectivity index (χ1v) is 11.2. The van der Waals surface area contributed by atoms with Crippen LogP contribution in [0, 0.1) is 13.8 Å². The van der Waals surface area contributed by atoms with Crippen LogP contribution < -0.4 is 9.47 Å². The van der Waals surface area contributed by atoms with E-state index in [0.29, 0.717) is 17.7 Å². The molecular weight excluding hydrogens is 396 g/mol. The molecule has 0 N–H and O–H groups in total. The fraction of sp³-hybridized carbons (Fsp3) is 0.417. The maximum atomic E-state index is 5.83. The van der Waals surface area contributed by atoms with Crippen molar-refractivity contribution in [2.24, 2.45) is 0 Å². The molecule has 0 spiro atoms. The predicted molar refractivity (Wildman–Crippen MR) is 121 cm³/mol. The normalized spacial score (nSPS) is 11.5. The Morgan fingerprint density at radius 2 is 1.73 bits per heavy atom. The third-order valence-corrected chi connectivity index (χ3v) is 5.55. The van der Waals surface area contributed by atoms with Gasteiger partial charge in [-0.2, -0.15) is 0 Å². The van der Waals surface area contributed by atoms with Gasteiger partial charge in [-0.25, -0.2) is 0 Å². The van der Waals surface area contributed by atoms with Crippen LogP contribution in [-0.4, -0.2) is 22.6 Å². The summed E-state index contributed by atoms with van der Waals surface area (Å²) in [5.74, 6) is 3.07. The lowest BCUT2D eigenvalue weighted by Crippen LogP contribution is -2.10. The molecule has 0 saturated heterocycles. The van der Waals surface area contributed by atoms with Crippen molar-refractivity contribution in [2.45, 2.75) is 58.3 Å². The molecule has 0 unspecified atom stereocenters. The molecule has 3 rings (SSSR count). The summed E-state index contributed by atoms with van der Waals surface area (Å²) >= 11 is 1.53. The van der Waals surface area contributed by atoms with E-state index in [1.807, 2.05) is 38.1 Å². The van der Waals surface area contributed by atoms with Gasteiger partial charge in [0.05, 0.1) is 6.61 Å². The maximum absolute atomic E-state index is 5.83. The summed E-state index contributed by atoms with van der Waals surface area (Å²) in [7, 11) is 0. The van der Waals surface area contributed by atoms with Crippen LogP contribution in [0.2, 0.25) is 0 Å². The third-order valence-electron chi connectivity index (χ3n) is 4.65. The van der Waals surface area contributed by atoms with Crippen molar-refractivity contribution in [3.05, 3.63) is 65.0 Å². The fourth-order valence-electron chi connectivity index (χ4n) is 2.82. The Hall–Kier alpha value is -2.47. The SMILES string of the molecule is Cc1ccc(C)c(OCc2nnc(SCCCOc3ccc(C(C)(C)C)cc3)o2)c1. The highest BCUT2D eigenvalue weighted by Crippen LogP contribution is 2.25. The van der Waals surface area contributed by atoms with Crippen LogP contribution in [0.4, 0.5) is 0 Å². The fourth-order valence-corrected chi connectivity index (χ4v) is 3.51. The molecule has 0 aliphatic rings. The number of ether oxygens (including phenoxy) is 2. The van der Waals surface area contributed by atoms with E-state index in [-0.39, 0.29) is 12.0 Å². The van der Waals surface area contributed by atoms with Crippen molar-refractivity contribution in [3.63, 3.8) is 0 Å². The Labute approximate surface area is 183 Å². The summed E-state index contributed by atoms with van der Waals surface area (Å²) in [5, 5.41) is 8.71. The van der Waals surface area contributed by atoms with Crippen molar-refractivity contribution in [1.29, 1.82) is 0 Å². The summed E-state index contributed by atoms with van der Waals surface area (Å²) < 4.78 is 17.3. The first kappa shape index (κ1) is 22.2. The lowest BCUT2D eigenvalue weighted by molar-refractivity contribution is 0.250. The molecule has 6 heteroatoms. The molecule has 0 atom stereocenters. The second kappa shape index (κ2) is 10.0. The minimum atomic E-state index is 0.155. The number of hydrogen-bond acceptors (Lipinski definition) is 6.